The molecule has 214 valence electrons. The first-order valence-electron chi connectivity index (χ1n) is 14.3. The highest BCUT2D eigenvalue weighted by atomic mass is 35.5. The van der Waals surface area contributed by atoms with Crippen LogP contribution in [0.3, 0.4) is 0 Å². The van der Waals surface area contributed by atoms with Crippen molar-refractivity contribution < 1.29 is 35.9 Å². The fraction of sp³-hybridized carbons (Fsp3) is 0.250. The van der Waals surface area contributed by atoms with Crippen LogP contribution in [0.25, 0.3) is 22.0 Å². The molecule has 6 heteroatoms. The summed E-state index contributed by atoms with van der Waals surface area (Å²) in [6, 6.07) is 27.9. The molecule has 2 aliphatic heterocycles. The molecule has 0 aliphatic carbocycles. The molecule has 0 unspecified atom stereocenters. The third kappa shape index (κ3) is 5.03. The van der Waals surface area contributed by atoms with E-state index in [0.29, 0.717) is 12.5 Å². The molecule has 7 rings (SSSR count). The lowest BCUT2D eigenvalue weighted by molar-refractivity contribution is -0.686. The van der Waals surface area contributed by atoms with Crippen LogP contribution in [0, 0.1) is 0 Å². The summed E-state index contributed by atoms with van der Waals surface area (Å²) in [7, 11) is 1.71. The zero-order chi connectivity index (χ0) is 27.9. The van der Waals surface area contributed by atoms with E-state index in [1.165, 1.54) is 38.9 Å². The van der Waals surface area contributed by atoms with Gasteiger partial charge in [0, 0.05) is 23.8 Å². The number of methoxy groups -OCH3 is 1. The van der Waals surface area contributed by atoms with E-state index in [1.807, 2.05) is 24.3 Å². The summed E-state index contributed by atoms with van der Waals surface area (Å²) in [4.78, 5) is 0. The Morgan fingerprint density at radius 2 is 1.62 bits per heavy atom. The Bertz CT molecular complexity index is 1750. The van der Waals surface area contributed by atoms with Crippen LogP contribution in [0.4, 0.5) is 0 Å². The number of aryl methyl sites for hydroxylation is 2. The molecule has 0 atom stereocenters. The van der Waals surface area contributed by atoms with Crippen LogP contribution >= 0.6 is 0 Å². The maximum absolute atomic E-state index is 6.52. The second-order valence-corrected chi connectivity index (χ2v) is 11.2. The molecule has 5 nitrogen and oxygen atoms in total. The van der Waals surface area contributed by atoms with Gasteiger partial charge >= 0.3 is 0 Å². The van der Waals surface area contributed by atoms with Crippen LogP contribution in [-0.2, 0) is 26.0 Å². The lowest BCUT2D eigenvalue weighted by Gasteiger charge is -2.21. The molecular formula is C36H34ClNO4. The molecule has 2 aliphatic rings. The van der Waals surface area contributed by atoms with Gasteiger partial charge < -0.3 is 31.4 Å². The minimum Gasteiger partial charge on any atom is -1.00 e. The highest BCUT2D eigenvalue weighted by Gasteiger charge is 2.32. The number of fused-ring (bicyclic) bond motifs is 5. The fourth-order valence-corrected chi connectivity index (χ4v) is 6.08. The first-order valence-corrected chi connectivity index (χ1v) is 14.3. The van der Waals surface area contributed by atoms with Crippen molar-refractivity contribution in [2.24, 2.45) is 0 Å². The Morgan fingerprint density at radius 1 is 0.857 bits per heavy atom. The third-order valence-corrected chi connectivity index (χ3v) is 8.29. The smallest absolute Gasteiger partial charge is 0.231 e. The zero-order valence-electron chi connectivity index (χ0n) is 24.2. The molecule has 0 N–H and O–H groups in total. The van der Waals surface area contributed by atoms with Crippen LogP contribution in [0.1, 0.15) is 47.6 Å². The van der Waals surface area contributed by atoms with Gasteiger partial charge in [0.2, 0.25) is 12.5 Å². The summed E-state index contributed by atoms with van der Waals surface area (Å²) in [5.74, 6) is 3.66. The first-order chi connectivity index (χ1) is 20.1. The second kappa shape index (κ2) is 11.6. The van der Waals surface area contributed by atoms with Gasteiger partial charge in [-0.25, -0.2) is 0 Å². The summed E-state index contributed by atoms with van der Waals surface area (Å²) in [6.07, 6.45) is 3.96. The van der Waals surface area contributed by atoms with E-state index in [9.17, 15) is 0 Å². The molecule has 0 amide bonds. The van der Waals surface area contributed by atoms with Crippen molar-refractivity contribution in [2.45, 2.75) is 45.8 Å². The molecule has 3 heterocycles. The molecule has 4 aromatic carbocycles. The zero-order valence-corrected chi connectivity index (χ0v) is 24.9. The van der Waals surface area contributed by atoms with Gasteiger partial charge in [0.25, 0.3) is 0 Å². The van der Waals surface area contributed by atoms with Crippen LogP contribution in [-0.4, -0.2) is 13.9 Å². The molecule has 0 radical (unpaired) electrons. The van der Waals surface area contributed by atoms with Crippen molar-refractivity contribution in [1.82, 2.24) is 0 Å². The molecule has 42 heavy (non-hydrogen) atoms. The van der Waals surface area contributed by atoms with Crippen LogP contribution < -0.4 is 35.9 Å². The minimum atomic E-state index is 0. The van der Waals surface area contributed by atoms with E-state index in [2.05, 4.69) is 79.2 Å². The second-order valence-electron chi connectivity index (χ2n) is 11.2. The molecule has 1 aromatic heterocycles. The Kier molecular flexibility index (Phi) is 7.70. The highest BCUT2D eigenvalue weighted by molar-refractivity contribution is 5.95. The van der Waals surface area contributed by atoms with E-state index in [1.54, 1.807) is 7.11 Å². The maximum Gasteiger partial charge on any atom is 0.231 e. The number of ether oxygens (including phenoxy) is 4. The van der Waals surface area contributed by atoms with Gasteiger partial charge in [-0.1, -0.05) is 68.4 Å². The average Bonchev–Trinajstić information content (AvgIpc) is 3.46. The van der Waals surface area contributed by atoms with Crippen LogP contribution in [0.2, 0.25) is 0 Å². The summed E-state index contributed by atoms with van der Waals surface area (Å²) >= 11 is 0. The van der Waals surface area contributed by atoms with Gasteiger partial charge in [0.15, 0.2) is 35.7 Å². The van der Waals surface area contributed by atoms with Gasteiger partial charge in [-0.2, -0.15) is 4.57 Å². The number of nitrogens with zero attached hydrogens (tertiary/aromatic N) is 1. The quantitative estimate of drug-likeness (QED) is 0.268. The molecule has 0 bridgehead atoms. The fourth-order valence-electron chi connectivity index (χ4n) is 6.08. The number of aromatic nitrogens is 1. The Labute approximate surface area is 253 Å². The number of rotatable bonds is 7. The number of hydrogen-bond donors (Lipinski definition) is 0. The van der Waals surface area contributed by atoms with Gasteiger partial charge in [0.05, 0.1) is 18.1 Å². The molecule has 5 aromatic rings. The number of hydrogen-bond acceptors (Lipinski definition) is 4. The third-order valence-electron chi connectivity index (χ3n) is 8.29. The van der Waals surface area contributed by atoms with Gasteiger partial charge in [0.1, 0.15) is 6.61 Å². The summed E-state index contributed by atoms with van der Waals surface area (Å²) in [6.45, 7) is 6.08. The van der Waals surface area contributed by atoms with E-state index in [4.69, 9.17) is 18.9 Å². The van der Waals surface area contributed by atoms with Crippen molar-refractivity contribution in [1.29, 1.82) is 0 Å². The average molecular weight is 580 g/mol. The van der Waals surface area contributed by atoms with Gasteiger partial charge in [-0.05, 0) is 52.4 Å². The van der Waals surface area contributed by atoms with Crippen molar-refractivity contribution in [3.8, 4) is 34.3 Å². The predicted octanol–water partition coefficient (Wildman–Crippen LogP) is 4.38. The topological polar surface area (TPSA) is 40.8 Å². The lowest BCUT2D eigenvalue weighted by atomic mass is 9.88. The van der Waals surface area contributed by atoms with E-state index in [-0.39, 0.29) is 19.2 Å². The van der Waals surface area contributed by atoms with E-state index in [0.717, 1.165) is 53.3 Å². The number of pyridine rings is 1. The summed E-state index contributed by atoms with van der Waals surface area (Å²) in [5, 5.41) is 2.22. The van der Waals surface area contributed by atoms with Crippen LogP contribution in [0.5, 0.6) is 23.0 Å². The van der Waals surface area contributed by atoms with Crippen molar-refractivity contribution in [2.75, 3.05) is 13.9 Å². The number of halogens is 1. The van der Waals surface area contributed by atoms with E-state index < -0.39 is 0 Å². The minimum absolute atomic E-state index is 0. The summed E-state index contributed by atoms with van der Waals surface area (Å²) < 4.78 is 26.3. The van der Waals surface area contributed by atoms with Crippen molar-refractivity contribution >= 4 is 10.8 Å². The molecular weight excluding hydrogens is 546 g/mol. The monoisotopic (exact) mass is 579 g/mol. The molecule has 0 saturated heterocycles. The Morgan fingerprint density at radius 3 is 2.36 bits per heavy atom. The van der Waals surface area contributed by atoms with Crippen molar-refractivity contribution in [3.05, 3.63) is 113 Å². The highest BCUT2D eigenvalue weighted by Crippen LogP contribution is 2.44. The molecule has 0 saturated carbocycles. The van der Waals surface area contributed by atoms with Crippen LogP contribution in [0.15, 0.2) is 85.1 Å². The van der Waals surface area contributed by atoms with Gasteiger partial charge in [-0.3, -0.25) is 0 Å². The largest absolute Gasteiger partial charge is 1.00 e. The predicted molar refractivity (Wildman–Crippen MR) is 160 cm³/mol. The van der Waals surface area contributed by atoms with Gasteiger partial charge in [-0.15, -0.1) is 0 Å². The first kappa shape index (κ1) is 27.9. The normalized spacial score (nSPS) is 13.0. The van der Waals surface area contributed by atoms with E-state index >= 15 is 0 Å². The molecule has 0 fully saturated rings. The van der Waals surface area contributed by atoms with Crippen molar-refractivity contribution in [3.63, 3.8) is 0 Å². The lowest BCUT2D eigenvalue weighted by Crippen LogP contribution is -3.00. The molecule has 0 spiro atoms. The standard InChI is InChI=1S/C36H34NO4.ClH/c1-23(2)26-11-9-24(10-12-26)17-30-28-13-14-32(38-3)36(39-21-25-7-5-4-6-8-25)31(28)20-37-16-15-27-18-33-34(41-22-40-33)19-29(27)35(30)37;/h4-14,18-20,23H,15-17,21-22H2,1-3H3;1H/q+1;/p-1. The maximum atomic E-state index is 6.52. The Hall–Kier alpha value is -4.22. The Balaban J connectivity index is 0.00000316. The number of benzene rings is 4. The summed E-state index contributed by atoms with van der Waals surface area (Å²) in [5.41, 5.74) is 8.74. The SMILES string of the molecule is COc1ccc2c(Cc3ccc(C(C)C)cc3)c3[n+](cc2c1OCc1ccccc1)CCc1cc2c(cc1-3)OCO2.[Cl-].